The highest BCUT2D eigenvalue weighted by atomic mass is 16.2. The molecule has 4 amide bonds. The highest BCUT2D eigenvalue weighted by Crippen LogP contribution is 2.35. The second-order valence-corrected chi connectivity index (χ2v) is 17.9. The number of rotatable bonds is 23. The van der Waals surface area contributed by atoms with Gasteiger partial charge in [-0.3, -0.25) is 28.8 Å². The molecule has 1 heterocycles. The number of Topliss-reactive ketones (excluding diaryl/α,β-unsaturated/α-hetero) is 2. The fourth-order valence-electron chi connectivity index (χ4n) is 9.86. The van der Waals surface area contributed by atoms with Crippen LogP contribution in [0.25, 0.3) is 0 Å². The van der Waals surface area contributed by atoms with Crippen molar-refractivity contribution in [3.63, 3.8) is 0 Å². The molecule has 62 heavy (non-hydrogen) atoms. The number of nitrogens with two attached hydrogens (primary N) is 4. The fourth-order valence-corrected chi connectivity index (χ4v) is 9.86. The first-order valence-electron chi connectivity index (χ1n) is 23.3. The van der Waals surface area contributed by atoms with Crippen LogP contribution in [0.1, 0.15) is 127 Å². The second kappa shape index (κ2) is 24.4. The third-order valence-corrected chi connectivity index (χ3v) is 13.3. The molecule has 14 heteroatoms. The van der Waals surface area contributed by atoms with Gasteiger partial charge in [-0.05, 0) is 74.5 Å². The maximum atomic E-state index is 15.7. The van der Waals surface area contributed by atoms with Crippen LogP contribution in [0, 0.1) is 11.8 Å². The van der Waals surface area contributed by atoms with E-state index in [1.54, 1.807) is 30.3 Å². The number of carbonyl (C=O) groups is 6. The zero-order chi connectivity index (χ0) is 44.5. The highest BCUT2D eigenvalue weighted by molar-refractivity contribution is 6.18. The minimum atomic E-state index is -2.24. The van der Waals surface area contributed by atoms with E-state index in [2.05, 4.69) is 16.0 Å². The first kappa shape index (κ1) is 48.5. The number of ketones is 2. The summed E-state index contributed by atoms with van der Waals surface area (Å²) in [6, 6.07) is 12.4. The molecule has 11 N–H and O–H groups in total. The van der Waals surface area contributed by atoms with Crippen molar-refractivity contribution in [2.75, 3.05) is 19.6 Å². The van der Waals surface area contributed by atoms with Gasteiger partial charge in [-0.1, -0.05) is 125 Å². The predicted octanol–water partition coefficient (Wildman–Crippen LogP) is 3.41. The number of carbonyl (C=O) groups excluding carboxylic acids is 6. The lowest BCUT2D eigenvalue weighted by atomic mass is 9.73. The molecule has 14 nitrogen and oxygen atoms in total. The number of hydrogen-bond donors (Lipinski definition) is 7. The van der Waals surface area contributed by atoms with Crippen molar-refractivity contribution >= 4 is 35.2 Å². The average Bonchev–Trinajstić information content (AvgIpc) is 3.78. The Kier molecular flexibility index (Phi) is 19.1. The maximum absolute atomic E-state index is 15.7. The molecule has 6 atom stereocenters. The Hall–Kier alpha value is -4.50. The summed E-state index contributed by atoms with van der Waals surface area (Å²) >= 11 is 0. The van der Waals surface area contributed by atoms with E-state index in [4.69, 9.17) is 22.9 Å². The van der Waals surface area contributed by atoms with Gasteiger partial charge < -0.3 is 43.8 Å². The van der Waals surface area contributed by atoms with E-state index < -0.39 is 70.9 Å². The average molecular weight is 857 g/mol. The van der Waals surface area contributed by atoms with Crippen LogP contribution in [0.2, 0.25) is 0 Å². The normalized spacial score (nSPS) is 20.3. The van der Waals surface area contributed by atoms with Crippen LogP contribution in [0.5, 0.6) is 0 Å². The third-order valence-electron chi connectivity index (χ3n) is 13.3. The lowest BCUT2D eigenvalue weighted by molar-refractivity contribution is -0.149. The Bertz CT molecular complexity index is 1770. The molecular weight excluding hydrogens is 785 g/mol. The van der Waals surface area contributed by atoms with Crippen LogP contribution < -0.4 is 38.9 Å². The van der Waals surface area contributed by atoms with Crippen molar-refractivity contribution < 1.29 is 28.8 Å². The van der Waals surface area contributed by atoms with Gasteiger partial charge in [0, 0.05) is 25.9 Å². The molecule has 1 aliphatic heterocycles. The monoisotopic (exact) mass is 857 g/mol. The maximum Gasteiger partial charge on any atom is 0.245 e. The van der Waals surface area contributed by atoms with E-state index >= 15 is 9.59 Å². The standard InChI is InChI=1S/C48H72N8O6/c49-27-14-13-24-39(54-46(61)40(53-42(57)26-28-50)32-35-20-9-3-10-21-35)47(62)56-29-15-25-41(56)44(59)48(36-22-11-4-12-23-36,43(58)37(51)30-33-16-5-1-6-17-33)55-45(60)38(52)31-34-18-7-2-8-19-34/h3-4,9-12,20-23,33-34,37-41H,1-2,5-8,13-19,24-32,49-52H2,(H,53,57)(H,54,61)(H,55,60)/t37-,38+,39+,40+,41+,48?/m1/s1. The zero-order valence-electron chi connectivity index (χ0n) is 36.6. The summed E-state index contributed by atoms with van der Waals surface area (Å²) in [7, 11) is 0. The predicted molar refractivity (Wildman–Crippen MR) is 240 cm³/mol. The molecule has 340 valence electrons. The quantitative estimate of drug-likeness (QED) is 0.0634. The first-order chi connectivity index (χ1) is 30.0. The fraction of sp³-hybridized carbons (Fsp3) is 0.625. The summed E-state index contributed by atoms with van der Waals surface area (Å²) in [6.07, 6.45) is 13.2. The molecule has 2 aromatic carbocycles. The smallest absolute Gasteiger partial charge is 0.245 e. The zero-order valence-corrected chi connectivity index (χ0v) is 36.6. The van der Waals surface area contributed by atoms with Crippen molar-refractivity contribution in [1.29, 1.82) is 0 Å². The van der Waals surface area contributed by atoms with Crippen LogP contribution in [0.15, 0.2) is 60.7 Å². The van der Waals surface area contributed by atoms with E-state index in [-0.39, 0.29) is 56.2 Å². The summed E-state index contributed by atoms with van der Waals surface area (Å²) in [5.41, 5.74) is 23.8. The van der Waals surface area contributed by atoms with Crippen molar-refractivity contribution in [2.24, 2.45) is 34.8 Å². The van der Waals surface area contributed by atoms with E-state index in [9.17, 15) is 19.2 Å². The molecule has 5 rings (SSSR count). The Morgan fingerprint density at radius 2 is 1.26 bits per heavy atom. The van der Waals surface area contributed by atoms with Crippen LogP contribution in [0.4, 0.5) is 0 Å². The van der Waals surface area contributed by atoms with Gasteiger partial charge in [-0.25, -0.2) is 0 Å². The number of unbranched alkanes of at least 4 members (excludes halogenated alkanes) is 1. The molecule has 3 aliphatic rings. The molecule has 0 spiro atoms. The number of amides is 4. The van der Waals surface area contributed by atoms with Crippen molar-refractivity contribution in [3.8, 4) is 0 Å². The van der Waals surface area contributed by atoms with Gasteiger partial charge >= 0.3 is 0 Å². The summed E-state index contributed by atoms with van der Waals surface area (Å²) in [5.74, 6) is -2.90. The Morgan fingerprint density at radius 3 is 1.85 bits per heavy atom. The topological polar surface area (TPSA) is 246 Å². The molecule has 0 radical (unpaired) electrons. The summed E-state index contributed by atoms with van der Waals surface area (Å²) < 4.78 is 0. The third kappa shape index (κ3) is 13.0. The van der Waals surface area contributed by atoms with Gasteiger partial charge in [0.1, 0.15) is 12.1 Å². The minimum absolute atomic E-state index is 0.0171. The molecule has 2 aromatic rings. The summed E-state index contributed by atoms with van der Waals surface area (Å²) in [4.78, 5) is 88.6. The van der Waals surface area contributed by atoms with E-state index in [1.807, 2.05) is 30.3 Å². The SMILES string of the molecule is NCCCC[C@H](NC(=O)[C@H](Cc1ccccc1)NC(=O)CCN)C(=O)N1CCC[C@H]1C(=O)C(NC(=O)[C@@H](N)CC1CCCCC1)(C(=O)[C@H](N)CC1CCCCC1)c1ccccc1. The summed E-state index contributed by atoms with van der Waals surface area (Å²) in [6.45, 7) is 0.653. The van der Waals surface area contributed by atoms with Gasteiger partial charge in [0.15, 0.2) is 17.1 Å². The molecule has 3 fully saturated rings. The first-order valence-corrected chi connectivity index (χ1v) is 23.3. The van der Waals surface area contributed by atoms with Crippen LogP contribution in [0.3, 0.4) is 0 Å². The van der Waals surface area contributed by atoms with Crippen LogP contribution in [-0.2, 0) is 40.7 Å². The van der Waals surface area contributed by atoms with E-state index in [0.29, 0.717) is 38.6 Å². The molecule has 2 aliphatic carbocycles. The second-order valence-electron chi connectivity index (χ2n) is 17.9. The number of nitrogens with zero attached hydrogens (tertiary/aromatic N) is 1. The highest BCUT2D eigenvalue weighted by Gasteiger charge is 2.55. The lowest BCUT2D eigenvalue weighted by Crippen LogP contribution is -2.67. The Morgan fingerprint density at radius 1 is 0.661 bits per heavy atom. The number of likely N-dealkylation sites (tertiary alicyclic amines) is 1. The van der Waals surface area contributed by atoms with Gasteiger partial charge in [0.2, 0.25) is 23.6 Å². The van der Waals surface area contributed by atoms with E-state index in [0.717, 1.165) is 69.8 Å². The minimum Gasteiger partial charge on any atom is -0.344 e. The Labute approximate surface area is 367 Å². The molecular formula is C48H72N8O6. The Balaban J connectivity index is 1.49. The molecule has 1 unspecified atom stereocenters. The molecule has 2 saturated carbocycles. The number of nitrogens with one attached hydrogen (secondary N) is 3. The summed E-state index contributed by atoms with van der Waals surface area (Å²) in [5, 5.41) is 8.66. The van der Waals surface area contributed by atoms with E-state index in [1.165, 1.54) is 4.90 Å². The molecule has 1 saturated heterocycles. The van der Waals surface area contributed by atoms with Crippen molar-refractivity contribution in [1.82, 2.24) is 20.9 Å². The number of benzene rings is 2. The van der Waals surface area contributed by atoms with Gasteiger partial charge in [-0.2, -0.15) is 0 Å². The molecule has 0 bridgehead atoms. The van der Waals surface area contributed by atoms with Crippen molar-refractivity contribution in [3.05, 3.63) is 71.8 Å². The molecule has 0 aromatic heterocycles. The van der Waals surface area contributed by atoms with Gasteiger partial charge in [0.25, 0.3) is 0 Å². The van der Waals surface area contributed by atoms with Crippen molar-refractivity contribution in [2.45, 2.75) is 158 Å². The lowest BCUT2D eigenvalue weighted by Gasteiger charge is -2.40. The van der Waals surface area contributed by atoms with Gasteiger partial charge in [0.05, 0.1) is 18.1 Å². The van der Waals surface area contributed by atoms with Gasteiger partial charge in [-0.15, -0.1) is 0 Å². The van der Waals surface area contributed by atoms with Crippen LogP contribution in [-0.4, -0.2) is 89.9 Å². The largest absolute Gasteiger partial charge is 0.344 e. The number of hydrogen-bond acceptors (Lipinski definition) is 10. The van der Waals surface area contributed by atoms with Crippen LogP contribution >= 0.6 is 0 Å².